The number of hydrogen-bond donors (Lipinski definition) is 0. The fourth-order valence-corrected chi connectivity index (χ4v) is 12.4. The number of aryl methyl sites for hydroxylation is 4. The van der Waals surface area contributed by atoms with Gasteiger partial charge in [0, 0.05) is 16.1 Å². The Hall–Kier alpha value is -2.10. The van der Waals surface area contributed by atoms with Gasteiger partial charge in [-0.2, -0.15) is 0 Å². The molecule has 36 heavy (non-hydrogen) atoms. The van der Waals surface area contributed by atoms with Crippen LogP contribution < -0.4 is 10.6 Å². The third kappa shape index (κ3) is 5.15. The summed E-state index contributed by atoms with van der Waals surface area (Å²) in [7, 11) is -0.976. The van der Waals surface area contributed by atoms with Gasteiger partial charge in [0.15, 0.2) is 0 Å². The number of rotatable bonds is 7. The van der Waals surface area contributed by atoms with Gasteiger partial charge in [0.1, 0.15) is 0 Å². The Morgan fingerprint density at radius 2 is 1.08 bits per heavy atom. The third-order valence-electron chi connectivity index (χ3n) is 7.12. The van der Waals surface area contributed by atoms with Crippen molar-refractivity contribution in [3.63, 3.8) is 0 Å². The molecule has 0 spiro atoms. The van der Waals surface area contributed by atoms with Crippen molar-refractivity contribution in [3.8, 4) is 0 Å². The zero-order valence-electron chi connectivity index (χ0n) is 22.0. The second-order valence-corrected chi connectivity index (χ2v) is 15.5. The lowest BCUT2D eigenvalue weighted by molar-refractivity contribution is 0.462. The summed E-state index contributed by atoms with van der Waals surface area (Å²) in [6, 6.07) is 32.3. The van der Waals surface area contributed by atoms with Crippen LogP contribution in [0.2, 0.25) is 0 Å². The van der Waals surface area contributed by atoms with E-state index in [1.807, 2.05) is 0 Å². The van der Waals surface area contributed by atoms with E-state index in [0.29, 0.717) is 5.88 Å². The first kappa shape index (κ1) is 25.5. The first-order chi connectivity index (χ1) is 17.3. The van der Waals surface area contributed by atoms with Crippen molar-refractivity contribution in [2.75, 3.05) is 12.0 Å². The molecule has 0 amide bonds. The summed E-state index contributed by atoms with van der Waals surface area (Å²) < 4.78 is 0. The van der Waals surface area contributed by atoms with Crippen molar-refractivity contribution >= 4 is 58.7 Å². The van der Waals surface area contributed by atoms with Crippen LogP contribution in [-0.4, -0.2) is 12.0 Å². The van der Waals surface area contributed by atoms with E-state index >= 15 is 0 Å². The van der Waals surface area contributed by atoms with Crippen molar-refractivity contribution in [2.24, 2.45) is 5.41 Å². The van der Waals surface area contributed by atoms with Gasteiger partial charge < -0.3 is 0 Å². The van der Waals surface area contributed by atoms with Gasteiger partial charge >= 0.3 is 0 Å². The van der Waals surface area contributed by atoms with Gasteiger partial charge in [0.05, 0.1) is 0 Å². The SMILES string of the molecule is Cc1cc(C)cc(P(CC(C)(CCl)Cp2c3ccccc3c3ccccc32)c2cc(C)cc(C)c2)c1. The number of halogens is 1. The molecular weight excluding hydrogens is 494 g/mol. The van der Waals surface area contributed by atoms with Crippen LogP contribution in [0.1, 0.15) is 29.2 Å². The summed E-state index contributed by atoms with van der Waals surface area (Å²) in [6.45, 7) is 11.3. The molecule has 4 aromatic carbocycles. The summed E-state index contributed by atoms with van der Waals surface area (Å²) in [6.07, 6.45) is 2.22. The van der Waals surface area contributed by atoms with Gasteiger partial charge in [-0.1, -0.05) is 114 Å². The molecule has 1 heterocycles. The van der Waals surface area contributed by atoms with Crippen LogP contribution in [0.5, 0.6) is 0 Å². The summed E-state index contributed by atoms with van der Waals surface area (Å²) >= 11 is 6.91. The molecule has 1 unspecified atom stereocenters. The van der Waals surface area contributed by atoms with E-state index in [2.05, 4.69) is 120 Å². The smallest absolute Gasteiger partial charge is 0.0287 e. The molecule has 0 radical (unpaired) electrons. The largest absolute Gasteiger partial charge is 0.126 e. The molecule has 0 aliphatic carbocycles. The Morgan fingerprint density at radius 1 is 0.667 bits per heavy atom. The van der Waals surface area contributed by atoms with E-state index in [-0.39, 0.29) is 5.41 Å². The van der Waals surface area contributed by atoms with Crippen LogP contribution in [-0.2, 0) is 6.16 Å². The second kappa shape index (κ2) is 10.3. The highest BCUT2D eigenvalue weighted by Crippen LogP contribution is 2.55. The van der Waals surface area contributed by atoms with Gasteiger partial charge in [-0.05, 0) is 74.7 Å². The molecule has 0 saturated carbocycles. The van der Waals surface area contributed by atoms with Crippen LogP contribution in [0.15, 0.2) is 84.9 Å². The summed E-state index contributed by atoms with van der Waals surface area (Å²) in [5.41, 5.74) is 5.41. The fourth-order valence-electron chi connectivity index (χ4n) is 5.62. The average molecular weight is 529 g/mol. The lowest BCUT2D eigenvalue weighted by Gasteiger charge is -2.33. The first-order valence-corrected chi connectivity index (χ1v) is 16.3. The van der Waals surface area contributed by atoms with Gasteiger partial charge in [-0.25, -0.2) is 0 Å². The van der Waals surface area contributed by atoms with Crippen LogP contribution in [0.25, 0.3) is 21.0 Å². The highest BCUT2D eigenvalue weighted by Gasteiger charge is 2.31. The van der Waals surface area contributed by atoms with E-state index in [9.17, 15) is 0 Å². The molecule has 0 bridgehead atoms. The minimum atomic E-state index is -0.538. The number of benzene rings is 4. The van der Waals surface area contributed by atoms with E-state index in [4.69, 9.17) is 11.6 Å². The maximum atomic E-state index is 6.91. The molecule has 184 valence electrons. The van der Waals surface area contributed by atoms with Crippen molar-refractivity contribution in [1.29, 1.82) is 0 Å². The maximum absolute atomic E-state index is 6.91. The molecule has 3 heteroatoms. The Labute approximate surface area is 223 Å². The van der Waals surface area contributed by atoms with Gasteiger partial charge in [0.2, 0.25) is 0 Å². The van der Waals surface area contributed by atoms with Crippen LogP contribution in [0.4, 0.5) is 0 Å². The number of alkyl halides is 1. The zero-order chi connectivity index (χ0) is 25.4. The fraction of sp³-hybridized carbons (Fsp3) is 0.273. The van der Waals surface area contributed by atoms with Crippen molar-refractivity contribution < 1.29 is 0 Å². The summed E-state index contributed by atoms with van der Waals surface area (Å²) in [5, 5.41) is 8.83. The van der Waals surface area contributed by atoms with E-state index < -0.39 is 15.5 Å². The molecule has 5 rings (SSSR count). The molecule has 1 atom stereocenters. The van der Waals surface area contributed by atoms with Gasteiger partial charge in [-0.3, -0.25) is 0 Å². The summed E-state index contributed by atoms with van der Waals surface area (Å²) in [5.74, 6) is 0.671. The highest BCUT2D eigenvalue weighted by atomic mass is 35.5. The van der Waals surface area contributed by atoms with E-state index in [0.717, 1.165) is 12.3 Å². The van der Waals surface area contributed by atoms with Crippen LogP contribution in [0.3, 0.4) is 0 Å². The molecule has 0 N–H and O–H groups in total. The van der Waals surface area contributed by atoms with Crippen molar-refractivity contribution in [3.05, 3.63) is 107 Å². The second-order valence-electron chi connectivity index (χ2n) is 10.8. The number of fused-ring (bicyclic) bond motifs is 3. The zero-order valence-corrected chi connectivity index (χ0v) is 24.5. The third-order valence-corrected chi connectivity index (χ3v) is 13.6. The molecular formula is C33H35ClP2. The number of hydrogen-bond acceptors (Lipinski definition) is 0. The molecule has 1 aromatic heterocycles. The molecule has 0 fully saturated rings. The molecule has 0 aliphatic heterocycles. The predicted molar refractivity (Wildman–Crippen MR) is 166 cm³/mol. The average Bonchev–Trinajstić information content (AvgIpc) is 3.15. The lowest BCUT2D eigenvalue weighted by atomic mass is 9.99. The Balaban J connectivity index is 1.62. The minimum absolute atomic E-state index is 0.0266. The molecule has 0 saturated heterocycles. The topological polar surface area (TPSA) is 0 Å². The van der Waals surface area contributed by atoms with E-state index in [1.165, 1.54) is 53.9 Å². The van der Waals surface area contributed by atoms with Gasteiger partial charge in [-0.15, -0.1) is 19.1 Å². The van der Waals surface area contributed by atoms with Crippen molar-refractivity contribution in [2.45, 2.75) is 40.8 Å². The van der Waals surface area contributed by atoms with Crippen molar-refractivity contribution in [1.82, 2.24) is 0 Å². The standard InChI is InChI=1S/C33H35ClP2/c1-23-14-24(2)17-27(16-23)35(28-18-25(3)15-26(4)19-28)21-33(5,20-34)22-36-31-12-8-6-10-29(31)30-11-7-9-13-32(30)36/h6-19H,20-22H2,1-5H3. The Morgan fingerprint density at radius 3 is 1.50 bits per heavy atom. The first-order valence-electron chi connectivity index (χ1n) is 12.7. The molecule has 0 aliphatic rings. The summed E-state index contributed by atoms with van der Waals surface area (Å²) in [4.78, 5) is 0. The quantitative estimate of drug-likeness (QED) is 0.146. The normalized spacial score (nSPS) is 13.5. The predicted octanol–water partition coefficient (Wildman–Crippen LogP) is 9.59. The van der Waals surface area contributed by atoms with Crippen LogP contribution >= 0.6 is 27.1 Å². The van der Waals surface area contributed by atoms with E-state index in [1.54, 1.807) is 0 Å². The van der Waals surface area contributed by atoms with Gasteiger partial charge in [0.25, 0.3) is 0 Å². The Kier molecular flexibility index (Phi) is 7.34. The molecule has 0 nitrogen and oxygen atoms in total. The Bertz CT molecular complexity index is 1400. The monoisotopic (exact) mass is 528 g/mol. The molecule has 5 aromatic rings. The van der Waals surface area contributed by atoms with Crippen LogP contribution in [0, 0.1) is 33.1 Å². The lowest BCUT2D eigenvalue weighted by Crippen LogP contribution is -2.29. The minimum Gasteiger partial charge on any atom is -0.126 e. The highest BCUT2D eigenvalue weighted by molar-refractivity contribution is 7.73. The maximum Gasteiger partial charge on any atom is 0.0287 e.